The van der Waals surface area contributed by atoms with E-state index in [2.05, 4.69) is 10.6 Å². The first-order valence-electron chi connectivity index (χ1n) is 9.41. The van der Waals surface area contributed by atoms with E-state index >= 15 is 0 Å². The molecule has 0 unspecified atom stereocenters. The third-order valence-electron chi connectivity index (χ3n) is 4.79. The molecule has 3 aromatic carbocycles. The van der Waals surface area contributed by atoms with Crippen molar-refractivity contribution in [3.8, 4) is 0 Å². The quantitative estimate of drug-likeness (QED) is 0.610. The van der Waals surface area contributed by atoms with Crippen molar-refractivity contribution in [3.05, 3.63) is 83.9 Å². The van der Waals surface area contributed by atoms with Crippen LogP contribution in [-0.4, -0.2) is 26.3 Å². The fourth-order valence-corrected chi connectivity index (χ4v) is 5.14. The number of fused-ring (bicyclic) bond motifs is 1. The van der Waals surface area contributed by atoms with Gasteiger partial charge in [0.2, 0.25) is 11.8 Å². The van der Waals surface area contributed by atoms with E-state index in [0.29, 0.717) is 22.1 Å². The van der Waals surface area contributed by atoms with Gasteiger partial charge in [-0.3, -0.25) is 13.9 Å². The van der Waals surface area contributed by atoms with Crippen molar-refractivity contribution in [1.82, 2.24) is 0 Å². The highest BCUT2D eigenvalue weighted by atomic mass is 35.5. The van der Waals surface area contributed by atoms with E-state index < -0.39 is 27.9 Å². The highest BCUT2D eigenvalue weighted by Crippen LogP contribution is 2.37. The van der Waals surface area contributed by atoms with Crippen LogP contribution in [0.3, 0.4) is 0 Å². The standard InChI is InChI=1S/C22H18ClN3O4S/c23-15-10-12-16(13-11-15)24-21(27)14-20-22(28)25-18-8-4-5-9-19(18)26(20)31(29,30)17-6-2-1-3-7-17/h1-13,20H,14H2,(H,24,27)(H,25,28)/t20-/m1/s1. The van der Waals surface area contributed by atoms with Crippen LogP contribution < -0.4 is 14.9 Å². The Kier molecular flexibility index (Phi) is 5.67. The second-order valence-corrected chi connectivity index (χ2v) is 9.15. The molecule has 3 aromatic rings. The first kappa shape index (κ1) is 20.9. The summed E-state index contributed by atoms with van der Waals surface area (Å²) in [5.41, 5.74) is 1.15. The lowest BCUT2D eigenvalue weighted by Crippen LogP contribution is -2.52. The highest BCUT2D eigenvalue weighted by Gasteiger charge is 2.41. The van der Waals surface area contributed by atoms with Gasteiger partial charge in [0.05, 0.1) is 22.7 Å². The van der Waals surface area contributed by atoms with Crippen molar-refractivity contribution in [2.45, 2.75) is 17.4 Å². The number of sulfonamides is 1. The normalized spacial score (nSPS) is 15.7. The van der Waals surface area contributed by atoms with Gasteiger partial charge < -0.3 is 10.6 Å². The highest BCUT2D eigenvalue weighted by molar-refractivity contribution is 7.93. The summed E-state index contributed by atoms with van der Waals surface area (Å²) in [4.78, 5) is 25.6. The van der Waals surface area contributed by atoms with Crippen LogP contribution >= 0.6 is 11.6 Å². The average molecular weight is 456 g/mol. The van der Waals surface area contributed by atoms with Crippen LogP contribution in [-0.2, 0) is 19.6 Å². The fraction of sp³-hybridized carbons (Fsp3) is 0.0909. The van der Waals surface area contributed by atoms with Crippen molar-refractivity contribution < 1.29 is 18.0 Å². The lowest BCUT2D eigenvalue weighted by molar-refractivity contribution is -0.122. The lowest BCUT2D eigenvalue weighted by Gasteiger charge is -2.36. The van der Waals surface area contributed by atoms with E-state index in [1.54, 1.807) is 66.7 Å². The first-order valence-corrected chi connectivity index (χ1v) is 11.2. The predicted molar refractivity (Wildman–Crippen MR) is 120 cm³/mol. The van der Waals surface area contributed by atoms with Crippen LogP contribution in [0.4, 0.5) is 17.1 Å². The molecule has 1 aliphatic heterocycles. The van der Waals surface area contributed by atoms with Crippen molar-refractivity contribution in [3.63, 3.8) is 0 Å². The van der Waals surface area contributed by atoms with Crippen LogP contribution in [0.1, 0.15) is 6.42 Å². The molecule has 0 aliphatic carbocycles. The molecule has 0 saturated heterocycles. The third kappa shape index (κ3) is 4.26. The molecular weight excluding hydrogens is 438 g/mol. The molecule has 1 atom stereocenters. The molecule has 9 heteroatoms. The number of benzene rings is 3. The number of carbonyl (C=O) groups is 2. The number of rotatable bonds is 5. The summed E-state index contributed by atoms with van der Waals surface area (Å²) in [7, 11) is -4.11. The summed E-state index contributed by atoms with van der Waals surface area (Å²) in [6.07, 6.45) is -0.366. The van der Waals surface area contributed by atoms with Crippen LogP contribution in [0.25, 0.3) is 0 Å². The number of nitrogens with one attached hydrogen (secondary N) is 2. The number of nitrogens with zero attached hydrogens (tertiary/aromatic N) is 1. The van der Waals surface area contributed by atoms with Crippen molar-refractivity contribution >= 4 is 50.5 Å². The molecule has 1 aliphatic rings. The van der Waals surface area contributed by atoms with Gasteiger partial charge in [0, 0.05) is 10.7 Å². The average Bonchev–Trinajstić information content (AvgIpc) is 2.76. The van der Waals surface area contributed by atoms with E-state index in [1.807, 2.05) is 0 Å². The summed E-state index contributed by atoms with van der Waals surface area (Å²) in [5.74, 6) is -1.08. The maximum absolute atomic E-state index is 13.5. The molecule has 31 heavy (non-hydrogen) atoms. The molecule has 0 radical (unpaired) electrons. The number of anilines is 3. The zero-order valence-corrected chi connectivity index (χ0v) is 17.7. The summed E-state index contributed by atoms with van der Waals surface area (Å²) >= 11 is 5.86. The molecule has 0 spiro atoms. The van der Waals surface area contributed by atoms with Crippen molar-refractivity contribution in [2.24, 2.45) is 0 Å². The largest absolute Gasteiger partial charge is 0.326 e. The van der Waals surface area contributed by atoms with Gasteiger partial charge in [0.25, 0.3) is 10.0 Å². The van der Waals surface area contributed by atoms with Crippen LogP contribution in [0.15, 0.2) is 83.8 Å². The van der Waals surface area contributed by atoms with Crippen molar-refractivity contribution in [2.75, 3.05) is 14.9 Å². The molecular formula is C22H18ClN3O4S. The van der Waals surface area contributed by atoms with E-state index in [4.69, 9.17) is 11.6 Å². The van der Waals surface area contributed by atoms with Gasteiger partial charge in [0.1, 0.15) is 6.04 Å². The monoisotopic (exact) mass is 455 g/mol. The minimum atomic E-state index is -4.11. The lowest BCUT2D eigenvalue weighted by atomic mass is 10.1. The minimum Gasteiger partial charge on any atom is -0.326 e. The van der Waals surface area contributed by atoms with Gasteiger partial charge in [-0.2, -0.15) is 0 Å². The second kappa shape index (κ2) is 8.41. The summed E-state index contributed by atoms with van der Waals surface area (Å²) in [6, 6.07) is 19.6. The zero-order chi connectivity index (χ0) is 22.0. The van der Waals surface area contributed by atoms with Gasteiger partial charge >= 0.3 is 0 Å². The Morgan fingerprint density at radius 1 is 0.968 bits per heavy atom. The molecule has 0 aromatic heterocycles. The van der Waals surface area contributed by atoms with Crippen LogP contribution in [0.2, 0.25) is 5.02 Å². The molecule has 0 fully saturated rings. The molecule has 0 saturated carbocycles. The Bertz CT molecular complexity index is 1230. The van der Waals surface area contributed by atoms with Gasteiger partial charge in [-0.1, -0.05) is 41.9 Å². The topological polar surface area (TPSA) is 95.6 Å². The number of hydrogen-bond acceptors (Lipinski definition) is 4. The summed E-state index contributed by atoms with van der Waals surface area (Å²) in [6.45, 7) is 0. The second-order valence-electron chi connectivity index (χ2n) is 6.90. The fourth-order valence-electron chi connectivity index (χ4n) is 3.36. The summed E-state index contributed by atoms with van der Waals surface area (Å²) < 4.78 is 28.0. The molecule has 1 heterocycles. The van der Waals surface area contributed by atoms with Gasteiger partial charge in [-0.05, 0) is 48.5 Å². The molecule has 0 bridgehead atoms. The van der Waals surface area contributed by atoms with Gasteiger partial charge in [-0.15, -0.1) is 0 Å². The van der Waals surface area contributed by atoms with Gasteiger partial charge in [-0.25, -0.2) is 8.42 Å². The molecule has 4 rings (SSSR count). The third-order valence-corrected chi connectivity index (χ3v) is 6.88. The maximum atomic E-state index is 13.5. The Morgan fingerprint density at radius 2 is 1.61 bits per heavy atom. The maximum Gasteiger partial charge on any atom is 0.265 e. The van der Waals surface area contributed by atoms with E-state index in [0.717, 1.165) is 4.31 Å². The smallest absolute Gasteiger partial charge is 0.265 e. The summed E-state index contributed by atoms with van der Waals surface area (Å²) in [5, 5.41) is 5.89. The van der Waals surface area contributed by atoms with E-state index in [1.165, 1.54) is 12.1 Å². The number of carbonyl (C=O) groups excluding carboxylic acids is 2. The number of amides is 2. The minimum absolute atomic E-state index is 0.0302. The van der Waals surface area contributed by atoms with Gasteiger partial charge in [0.15, 0.2) is 0 Å². The molecule has 7 nitrogen and oxygen atoms in total. The van der Waals surface area contributed by atoms with Crippen LogP contribution in [0.5, 0.6) is 0 Å². The Morgan fingerprint density at radius 3 is 2.32 bits per heavy atom. The van der Waals surface area contributed by atoms with Crippen molar-refractivity contribution in [1.29, 1.82) is 0 Å². The van der Waals surface area contributed by atoms with Crippen LogP contribution in [0, 0.1) is 0 Å². The first-order chi connectivity index (χ1) is 14.9. The zero-order valence-electron chi connectivity index (χ0n) is 16.2. The molecule has 2 N–H and O–H groups in total. The number of para-hydroxylation sites is 2. The number of halogens is 1. The predicted octanol–water partition coefficient (Wildman–Crippen LogP) is 3.88. The molecule has 158 valence electrons. The Labute approximate surface area is 184 Å². The molecule has 2 amide bonds. The Balaban J connectivity index is 1.70. The Hall–Kier alpha value is -3.36. The van der Waals surface area contributed by atoms with E-state index in [9.17, 15) is 18.0 Å². The SMILES string of the molecule is O=C(C[C@@H]1C(=O)Nc2ccccc2N1S(=O)(=O)c1ccccc1)Nc1ccc(Cl)cc1. The van der Waals surface area contributed by atoms with E-state index in [-0.39, 0.29) is 11.3 Å². The number of hydrogen-bond donors (Lipinski definition) is 2.